The number of allylic oxidation sites excluding steroid dienone is 1. The minimum absolute atomic E-state index is 0.163. The van der Waals surface area contributed by atoms with E-state index in [1.54, 1.807) is 60.4 Å². The molecular formula is C29H29F2N5O2. The zero-order valence-electron chi connectivity index (χ0n) is 21.4. The second-order valence-corrected chi connectivity index (χ2v) is 10.2. The molecule has 1 aliphatic heterocycles. The molecule has 9 heteroatoms. The second-order valence-electron chi connectivity index (χ2n) is 10.2. The standard InChI is InChI=1S/C29H29F2N5O2/c1-18-23(11-10-22-9-8-21(15-34-22)24-7-5-4-6-20(24)14-32)26-19(2)38-27(37)28(26,17-29(18,30)31)35-16-25-33-12-13-36(25)3/h4-13,15,18-19,23,26,35H,16-17H2,1-3H3/b11-10+/t18-,19+,23-,26-,28-/m0/s1. The highest BCUT2D eigenvalue weighted by Crippen LogP contribution is 2.55. The number of imidazole rings is 1. The predicted molar refractivity (Wildman–Crippen MR) is 137 cm³/mol. The van der Waals surface area contributed by atoms with Crippen molar-refractivity contribution in [1.82, 2.24) is 19.9 Å². The number of carbonyl (C=O) groups excluding carboxylic acids is 1. The van der Waals surface area contributed by atoms with Gasteiger partial charge in [-0.3, -0.25) is 15.1 Å². The summed E-state index contributed by atoms with van der Waals surface area (Å²) in [4.78, 5) is 21.9. The van der Waals surface area contributed by atoms with E-state index in [-0.39, 0.29) is 6.54 Å². The summed E-state index contributed by atoms with van der Waals surface area (Å²) in [5.74, 6) is -5.25. The topological polar surface area (TPSA) is 92.8 Å². The fourth-order valence-corrected chi connectivity index (χ4v) is 5.89. The molecule has 1 saturated heterocycles. The lowest BCUT2D eigenvalue weighted by atomic mass is 9.60. The lowest BCUT2D eigenvalue weighted by molar-refractivity contribution is -0.160. The number of nitrogens with zero attached hydrogens (tertiary/aromatic N) is 4. The Balaban J connectivity index is 1.44. The van der Waals surface area contributed by atoms with Gasteiger partial charge in [-0.25, -0.2) is 13.8 Å². The molecule has 0 bridgehead atoms. The minimum atomic E-state index is -3.10. The molecule has 1 aromatic carbocycles. The molecule has 0 spiro atoms. The zero-order chi connectivity index (χ0) is 27.1. The quantitative estimate of drug-likeness (QED) is 0.475. The Labute approximate surface area is 220 Å². The van der Waals surface area contributed by atoms with E-state index in [9.17, 15) is 10.1 Å². The summed E-state index contributed by atoms with van der Waals surface area (Å²) in [6, 6.07) is 13.1. The Bertz CT molecular complexity index is 1410. The van der Waals surface area contributed by atoms with E-state index in [2.05, 4.69) is 21.4 Å². The highest BCUT2D eigenvalue weighted by Gasteiger charge is 2.68. The first-order chi connectivity index (χ1) is 18.2. The summed E-state index contributed by atoms with van der Waals surface area (Å²) in [6.45, 7) is 3.46. The summed E-state index contributed by atoms with van der Waals surface area (Å²) in [6.07, 6.45) is 7.35. The molecule has 1 N–H and O–H groups in total. The first-order valence-corrected chi connectivity index (χ1v) is 12.6. The molecule has 7 nitrogen and oxygen atoms in total. The number of hydrogen-bond acceptors (Lipinski definition) is 6. The van der Waals surface area contributed by atoms with Crippen LogP contribution in [0.2, 0.25) is 0 Å². The van der Waals surface area contributed by atoms with Crippen LogP contribution in [0.15, 0.2) is 61.1 Å². The summed E-state index contributed by atoms with van der Waals surface area (Å²) in [7, 11) is 1.81. The third-order valence-corrected chi connectivity index (χ3v) is 8.02. The van der Waals surface area contributed by atoms with E-state index >= 15 is 8.78 Å². The number of rotatable bonds is 6. The zero-order valence-corrected chi connectivity index (χ0v) is 21.4. The van der Waals surface area contributed by atoms with Crippen molar-refractivity contribution >= 4 is 12.0 Å². The van der Waals surface area contributed by atoms with E-state index in [0.29, 0.717) is 17.1 Å². The molecular weight excluding hydrogens is 488 g/mol. The molecule has 0 radical (unpaired) electrons. The molecule has 0 amide bonds. The maximum atomic E-state index is 15.5. The van der Waals surface area contributed by atoms with Gasteiger partial charge in [-0.2, -0.15) is 5.26 Å². The monoisotopic (exact) mass is 517 g/mol. The minimum Gasteiger partial charge on any atom is -0.461 e. The lowest BCUT2D eigenvalue weighted by Crippen LogP contribution is -2.64. The number of fused-ring (bicyclic) bond motifs is 1. The number of hydrogen-bond donors (Lipinski definition) is 1. The third-order valence-electron chi connectivity index (χ3n) is 8.02. The van der Waals surface area contributed by atoms with Crippen LogP contribution in [0, 0.1) is 29.1 Å². The number of nitrogens with one attached hydrogen (secondary N) is 1. The maximum absolute atomic E-state index is 15.5. The Morgan fingerprint density at radius 2 is 2.03 bits per heavy atom. The van der Waals surface area contributed by atoms with Crippen LogP contribution in [0.5, 0.6) is 0 Å². The van der Waals surface area contributed by atoms with Gasteiger partial charge in [0.1, 0.15) is 17.5 Å². The van der Waals surface area contributed by atoms with Crippen molar-refractivity contribution in [3.05, 3.63) is 78.1 Å². The Kier molecular flexibility index (Phi) is 6.61. The number of cyclic esters (lactones) is 1. The smallest absolute Gasteiger partial charge is 0.327 e. The third kappa shape index (κ3) is 4.39. The van der Waals surface area contributed by atoms with E-state index in [1.165, 1.54) is 6.92 Å². The van der Waals surface area contributed by atoms with Crippen molar-refractivity contribution in [1.29, 1.82) is 5.26 Å². The van der Waals surface area contributed by atoms with Crippen molar-refractivity contribution < 1.29 is 18.3 Å². The number of nitriles is 1. The molecule has 1 saturated carbocycles. The number of aromatic nitrogens is 3. The first-order valence-electron chi connectivity index (χ1n) is 12.6. The van der Waals surface area contributed by atoms with Gasteiger partial charge in [0.25, 0.3) is 5.92 Å². The van der Waals surface area contributed by atoms with Crippen molar-refractivity contribution in [3.63, 3.8) is 0 Å². The number of pyridine rings is 1. The molecule has 2 fully saturated rings. The van der Waals surface area contributed by atoms with Crippen molar-refractivity contribution in [2.45, 2.75) is 44.4 Å². The molecule has 3 heterocycles. The Hall–Kier alpha value is -3.90. The van der Waals surface area contributed by atoms with E-state index < -0.39 is 47.7 Å². The summed E-state index contributed by atoms with van der Waals surface area (Å²) in [5.41, 5.74) is 1.17. The molecule has 3 aromatic rings. The molecule has 2 aliphatic rings. The van der Waals surface area contributed by atoms with Gasteiger partial charge in [-0.05, 0) is 31.1 Å². The molecule has 5 rings (SSSR count). The number of aryl methyl sites for hydroxylation is 1. The number of alkyl halides is 2. The van der Waals surface area contributed by atoms with E-state index in [4.69, 9.17) is 4.74 Å². The van der Waals surface area contributed by atoms with Gasteiger partial charge in [0.15, 0.2) is 0 Å². The van der Waals surface area contributed by atoms with Gasteiger partial charge in [0.2, 0.25) is 0 Å². The van der Waals surface area contributed by atoms with Crippen LogP contribution in [0.3, 0.4) is 0 Å². The molecule has 196 valence electrons. The van der Waals surface area contributed by atoms with Gasteiger partial charge in [-0.1, -0.05) is 37.3 Å². The average molecular weight is 518 g/mol. The van der Waals surface area contributed by atoms with Crippen molar-refractivity contribution in [2.24, 2.45) is 24.8 Å². The van der Waals surface area contributed by atoms with Gasteiger partial charge in [0, 0.05) is 55.0 Å². The summed E-state index contributed by atoms with van der Waals surface area (Å²) in [5, 5.41) is 12.5. The van der Waals surface area contributed by atoms with E-state index in [0.717, 1.165) is 11.1 Å². The number of benzene rings is 1. The van der Waals surface area contributed by atoms with Crippen LogP contribution in [-0.2, 0) is 23.1 Å². The fraction of sp³-hybridized carbons (Fsp3) is 0.379. The molecule has 38 heavy (non-hydrogen) atoms. The first kappa shape index (κ1) is 25.7. The predicted octanol–water partition coefficient (Wildman–Crippen LogP) is 4.75. The van der Waals surface area contributed by atoms with Gasteiger partial charge in [0.05, 0.1) is 23.9 Å². The largest absolute Gasteiger partial charge is 0.461 e. The normalized spacial score (nSPS) is 28.2. The fourth-order valence-electron chi connectivity index (χ4n) is 5.89. The van der Waals surface area contributed by atoms with Gasteiger partial charge in [-0.15, -0.1) is 0 Å². The van der Waals surface area contributed by atoms with Gasteiger partial charge < -0.3 is 9.30 Å². The highest BCUT2D eigenvalue weighted by molar-refractivity contribution is 5.84. The van der Waals surface area contributed by atoms with Crippen LogP contribution in [-0.4, -0.2) is 38.1 Å². The Morgan fingerprint density at radius 3 is 2.71 bits per heavy atom. The summed E-state index contributed by atoms with van der Waals surface area (Å²) < 4.78 is 38.3. The number of halogens is 2. The van der Waals surface area contributed by atoms with Gasteiger partial charge >= 0.3 is 5.97 Å². The lowest BCUT2D eigenvalue weighted by Gasteiger charge is -2.48. The van der Waals surface area contributed by atoms with Crippen molar-refractivity contribution in [3.8, 4) is 17.2 Å². The second kappa shape index (κ2) is 9.76. The van der Waals surface area contributed by atoms with Crippen LogP contribution in [0.1, 0.15) is 37.4 Å². The molecule has 1 aliphatic carbocycles. The van der Waals surface area contributed by atoms with Crippen LogP contribution < -0.4 is 5.32 Å². The number of carbonyl (C=O) groups is 1. The molecule has 2 aromatic heterocycles. The van der Waals surface area contributed by atoms with Crippen LogP contribution in [0.4, 0.5) is 8.78 Å². The SMILES string of the molecule is C[C@H]1OC(=O)[C@]2(NCc3nccn3C)CC(F)(F)[C@@H](C)[C@H](/C=C/c3ccc(-c4ccccc4C#N)cn3)[C@H]12. The highest BCUT2D eigenvalue weighted by atomic mass is 19.3. The van der Waals surface area contributed by atoms with Crippen molar-refractivity contribution in [2.75, 3.05) is 0 Å². The number of ether oxygens (including phenoxy) is 1. The maximum Gasteiger partial charge on any atom is 0.327 e. The Morgan fingerprint density at radius 1 is 1.24 bits per heavy atom. The van der Waals surface area contributed by atoms with Crippen LogP contribution >= 0.6 is 0 Å². The number of esters is 1. The van der Waals surface area contributed by atoms with Crippen LogP contribution in [0.25, 0.3) is 17.2 Å². The molecule has 0 unspecified atom stereocenters. The van der Waals surface area contributed by atoms with E-state index in [1.807, 2.05) is 25.2 Å². The molecule has 5 atom stereocenters. The summed E-state index contributed by atoms with van der Waals surface area (Å²) >= 11 is 0. The average Bonchev–Trinajstić information content (AvgIpc) is 3.42.